The van der Waals surface area contributed by atoms with Gasteiger partial charge in [-0.1, -0.05) is 12.1 Å². The van der Waals surface area contributed by atoms with Gasteiger partial charge in [0, 0.05) is 24.1 Å². The number of hydrogen-bond acceptors (Lipinski definition) is 4. The van der Waals surface area contributed by atoms with Crippen LogP contribution in [0.2, 0.25) is 0 Å². The maximum atomic E-state index is 13.3. The standard InChI is InChI=1S/C18H18F3NO3/c1-23-15-5-3-4-13(17(15)24-2)14-8-11(18(19,20)21)6-10-7-12(9-22)25-16(10)14/h3-6,8,12H,7,9,22H2,1-2H3. The summed E-state index contributed by atoms with van der Waals surface area (Å²) in [5, 5.41) is 0. The Balaban J connectivity index is 2.25. The highest BCUT2D eigenvalue weighted by atomic mass is 19.4. The molecule has 0 bridgehead atoms. The number of rotatable bonds is 4. The van der Waals surface area contributed by atoms with Crippen LogP contribution in [-0.4, -0.2) is 26.9 Å². The highest BCUT2D eigenvalue weighted by molar-refractivity contribution is 5.80. The Bertz CT molecular complexity index is 790. The molecule has 0 fully saturated rings. The largest absolute Gasteiger partial charge is 0.493 e. The highest BCUT2D eigenvalue weighted by Gasteiger charge is 2.35. The molecule has 1 aliphatic rings. The zero-order valence-corrected chi connectivity index (χ0v) is 13.8. The van der Waals surface area contributed by atoms with Crippen LogP contribution < -0.4 is 19.9 Å². The molecule has 2 N–H and O–H groups in total. The van der Waals surface area contributed by atoms with E-state index in [9.17, 15) is 13.2 Å². The lowest BCUT2D eigenvalue weighted by atomic mass is 9.96. The molecule has 1 unspecified atom stereocenters. The Morgan fingerprint density at radius 1 is 1.16 bits per heavy atom. The number of hydrogen-bond donors (Lipinski definition) is 1. The van der Waals surface area contributed by atoms with E-state index in [1.165, 1.54) is 14.2 Å². The second-order valence-corrected chi connectivity index (χ2v) is 5.73. The number of halogens is 3. The maximum absolute atomic E-state index is 13.3. The molecule has 1 atom stereocenters. The van der Waals surface area contributed by atoms with Crippen molar-refractivity contribution in [2.45, 2.75) is 18.7 Å². The maximum Gasteiger partial charge on any atom is 0.416 e. The van der Waals surface area contributed by atoms with Crippen molar-refractivity contribution in [2.75, 3.05) is 20.8 Å². The normalized spacial score (nSPS) is 16.3. The molecule has 4 nitrogen and oxygen atoms in total. The van der Waals surface area contributed by atoms with E-state index in [1.54, 1.807) is 18.2 Å². The molecule has 0 amide bonds. The summed E-state index contributed by atoms with van der Waals surface area (Å²) in [6, 6.07) is 7.25. The molecule has 0 aromatic heterocycles. The van der Waals surface area contributed by atoms with Gasteiger partial charge in [0.2, 0.25) is 0 Å². The van der Waals surface area contributed by atoms with Crippen molar-refractivity contribution in [3.63, 3.8) is 0 Å². The van der Waals surface area contributed by atoms with Gasteiger partial charge >= 0.3 is 6.18 Å². The first-order valence-electron chi connectivity index (χ1n) is 7.71. The number of nitrogens with two attached hydrogens (primary N) is 1. The van der Waals surface area contributed by atoms with Crippen LogP contribution in [0.15, 0.2) is 30.3 Å². The third-order valence-corrected chi connectivity index (χ3v) is 4.18. The van der Waals surface area contributed by atoms with Gasteiger partial charge in [-0.3, -0.25) is 0 Å². The van der Waals surface area contributed by atoms with Crippen LogP contribution in [0.5, 0.6) is 17.2 Å². The summed E-state index contributed by atoms with van der Waals surface area (Å²) in [6.07, 6.45) is -4.46. The SMILES string of the molecule is COc1cccc(-c2cc(C(F)(F)F)cc3c2OC(CN)C3)c1OC. The van der Waals surface area contributed by atoms with Crippen LogP contribution in [0.4, 0.5) is 13.2 Å². The first-order chi connectivity index (χ1) is 11.9. The Morgan fingerprint density at radius 2 is 1.92 bits per heavy atom. The van der Waals surface area contributed by atoms with Gasteiger partial charge in [0.25, 0.3) is 0 Å². The van der Waals surface area contributed by atoms with E-state index in [0.717, 1.165) is 12.1 Å². The number of para-hydroxylation sites is 1. The molecule has 7 heteroatoms. The fraction of sp³-hybridized carbons (Fsp3) is 0.333. The lowest BCUT2D eigenvalue weighted by Crippen LogP contribution is -2.24. The molecular weight excluding hydrogens is 335 g/mol. The summed E-state index contributed by atoms with van der Waals surface area (Å²) in [7, 11) is 2.91. The molecule has 25 heavy (non-hydrogen) atoms. The Kier molecular flexibility index (Phi) is 4.51. The van der Waals surface area contributed by atoms with E-state index in [2.05, 4.69) is 0 Å². The molecule has 0 saturated heterocycles. The number of fused-ring (bicyclic) bond motifs is 1. The number of methoxy groups -OCH3 is 2. The number of benzene rings is 2. The second kappa shape index (κ2) is 6.48. The first kappa shape index (κ1) is 17.4. The van der Waals surface area contributed by atoms with Gasteiger partial charge in [0.15, 0.2) is 11.5 Å². The molecule has 2 aromatic rings. The van der Waals surface area contributed by atoms with Crippen LogP contribution >= 0.6 is 0 Å². The summed E-state index contributed by atoms with van der Waals surface area (Å²) in [4.78, 5) is 0. The zero-order valence-electron chi connectivity index (χ0n) is 13.8. The third kappa shape index (κ3) is 3.11. The topological polar surface area (TPSA) is 53.7 Å². The van der Waals surface area contributed by atoms with Crippen LogP contribution in [0, 0.1) is 0 Å². The molecular formula is C18H18F3NO3. The van der Waals surface area contributed by atoms with E-state index in [1.807, 2.05) is 0 Å². The molecule has 134 valence electrons. The van der Waals surface area contributed by atoms with Gasteiger partial charge in [-0.2, -0.15) is 13.2 Å². The van der Waals surface area contributed by atoms with Crippen molar-refractivity contribution in [2.24, 2.45) is 5.73 Å². The smallest absolute Gasteiger partial charge is 0.416 e. The molecule has 0 radical (unpaired) electrons. The second-order valence-electron chi connectivity index (χ2n) is 5.73. The van der Waals surface area contributed by atoms with Crippen molar-refractivity contribution in [1.29, 1.82) is 0 Å². The predicted molar refractivity (Wildman–Crippen MR) is 87.2 cm³/mol. The number of ether oxygens (including phenoxy) is 3. The molecule has 2 aromatic carbocycles. The molecule has 1 aliphatic heterocycles. The van der Waals surface area contributed by atoms with Gasteiger partial charge in [-0.05, 0) is 23.8 Å². The van der Waals surface area contributed by atoms with E-state index < -0.39 is 11.7 Å². The van der Waals surface area contributed by atoms with E-state index in [4.69, 9.17) is 19.9 Å². The van der Waals surface area contributed by atoms with Gasteiger partial charge in [0.05, 0.1) is 19.8 Å². The molecule has 0 saturated carbocycles. The quantitative estimate of drug-likeness (QED) is 0.912. The average Bonchev–Trinajstić information content (AvgIpc) is 3.02. The Labute approximate surface area is 143 Å². The Morgan fingerprint density at radius 3 is 2.52 bits per heavy atom. The summed E-state index contributed by atoms with van der Waals surface area (Å²) in [6.45, 7) is 0.227. The predicted octanol–water partition coefficient (Wildman–Crippen LogP) is 3.65. The monoisotopic (exact) mass is 353 g/mol. The zero-order chi connectivity index (χ0) is 18.2. The molecule has 0 aliphatic carbocycles. The van der Waals surface area contributed by atoms with E-state index in [-0.39, 0.29) is 12.6 Å². The lowest BCUT2D eigenvalue weighted by Gasteiger charge is -2.17. The molecule has 3 rings (SSSR count). The number of alkyl halides is 3. The minimum Gasteiger partial charge on any atom is -0.493 e. The van der Waals surface area contributed by atoms with Crippen molar-refractivity contribution in [1.82, 2.24) is 0 Å². The summed E-state index contributed by atoms with van der Waals surface area (Å²) in [5.41, 5.74) is 6.19. The van der Waals surface area contributed by atoms with Crippen LogP contribution in [0.25, 0.3) is 11.1 Å². The highest BCUT2D eigenvalue weighted by Crippen LogP contribution is 2.47. The van der Waals surface area contributed by atoms with Crippen LogP contribution in [-0.2, 0) is 12.6 Å². The van der Waals surface area contributed by atoms with Crippen molar-refractivity contribution < 1.29 is 27.4 Å². The first-order valence-corrected chi connectivity index (χ1v) is 7.71. The molecule has 0 spiro atoms. The minimum absolute atomic E-state index is 0.227. The van der Waals surface area contributed by atoms with Crippen molar-refractivity contribution >= 4 is 0 Å². The fourth-order valence-electron chi connectivity index (χ4n) is 3.03. The Hall–Kier alpha value is -2.41. The van der Waals surface area contributed by atoms with Gasteiger partial charge in [-0.15, -0.1) is 0 Å². The van der Waals surface area contributed by atoms with E-state index in [0.29, 0.717) is 40.4 Å². The third-order valence-electron chi connectivity index (χ3n) is 4.18. The van der Waals surface area contributed by atoms with Gasteiger partial charge in [0.1, 0.15) is 11.9 Å². The van der Waals surface area contributed by atoms with Crippen LogP contribution in [0.1, 0.15) is 11.1 Å². The minimum atomic E-state index is -4.46. The van der Waals surface area contributed by atoms with Crippen LogP contribution in [0.3, 0.4) is 0 Å². The van der Waals surface area contributed by atoms with Gasteiger partial charge < -0.3 is 19.9 Å². The van der Waals surface area contributed by atoms with E-state index >= 15 is 0 Å². The summed E-state index contributed by atoms with van der Waals surface area (Å²) in [5.74, 6) is 1.20. The lowest BCUT2D eigenvalue weighted by molar-refractivity contribution is -0.137. The van der Waals surface area contributed by atoms with Crippen molar-refractivity contribution in [3.8, 4) is 28.4 Å². The summed E-state index contributed by atoms with van der Waals surface area (Å²) >= 11 is 0. The average molecular weight is 353 g/mol. The van der Waals surface area contributed by atoms with Crippen molar-refractivity contribution in [3.05, 3.63) is 41.5 Å². The summed E-state index contributed by atoms with van der Waals surface area (Å²) < 4.78 is 56.4. The van der Waals surface area contributed by atoms with Gasteiger partial charge in [-0.25, -0.2) is 0 Å². The fourth-order valence-corrected chi connectivity index (χ4v) is 3.03. The molecule has 1 heterocycles.